The second-order valence-electron chi connectivity index (χ2n) is 3.88. The number of anilines is 3. The van der Waals surface area contributed by atoms with Crippen molar-refractivity contribution in [3.63, 3.8) is 0 Å². The minimum atomic E-state index is -0.560. The molecule has 0 bridgehead atoms. The van der Waals surface area contributed by atoms with Crippen molar-refractivity contribution in [2.45, 2.75) is 0 Å². The van der Waals surface area contributed by atoms with Crippen molar-refractivity contribution in [3.05, 3.63) is 51.5 Å². The number of amides is 1. The molecule has 0 atom stereocenters. The van der Waals surface area contributed by atoms with Crippen LogP contribution >= 0.6 is 27.5 Å². The number of halogens is 2. The maximum absolute atomic E-state index is 11.2. The molecule has 0 unspecified atom stereocenters. The second kappa shape index (κ2) is 5.50. The lowest BCUT2D eigenvalue weighted by Gasteiger charge is -2.12. The van der Waals surface area contributed by atoms with Gasteiger partial charge in [0.15, 0.2) is 0 Å². The third-order valence-electron chi connectivity index (χ3n) is 2.57. The number of para-hydroxylation sites is 1. The molecular formula is C13H11BrClN3O. The van der Waals surface area contributed by atoms with Crippen molar-refractivity contribution in [1.82, 2.24) is 0 Å². The van der Waals surface area contributed by atoms with E-state index < -0.39 is 5.91 Å². The van der Waals surface area contributed by atoms with Gasteiger partial charge in [0.25, 0.3) is 5.91 Å². The summed E-state index contributed by atoms with van der Waals surface area (Å²) in [7, 11) is 0. The van der Waals surface area contributed by atoms with Gasteiger partial charge in [-0.15, -0.1) is 0 Å². The summed E-state index contributed by atoms with van der Waals surface area (Å²) >= 11 is 9.32. The Hall–Kier alpha value is -1.72. The molecule has 4 nitrogen and oxygen atoms in total. The summed E-state index contributed by atoms with van der Waals surface area (Å²) in [6.45, 7) is 0. The molecule has 98 valence electrons. The molecule has 19 heavy (non-hydrogen) atoms. The first-order chi connectivity index (χ1) is 8.99. The Morgan fingerprint density at radius 3 is 2.63 bits per heavy atom. The lowest BCUT2D eigenvalue weighted by Crippen LogP contribution is -2.14. The summed E-state index contributed by atoms with van der Waals surface area (Å²) < 4.78 is 0.804. The van der Waals surface area contributed by atoms with Crippen LogP contribution in [0, 0.1) is 0 Å². The number of carbonyl (C=O) groups is 1. The number of nitrogens with two attached hydrogens (primary N) is 2. The second-order valence-corrected chi connectivity index (χ2v) is 5.15. The van der Waals surface area contributed by atoms with Crippen molar-refractivity contribution in [2.24, 2.45) is 5.73 Å². The Bertz CT molecular complexity index is 646. The number of nitrogen functional groups attached to an aromatic ring is 1. The molecule has 0 saturated heterocycles. The number of benzene rings is 2. The van der Waals surface area contributed by atoms with Gasteiger partial charge in [0.1, 0.15) is 0 Å². The van der Waals surface area contributed by atoms with Crippen LogP contribution in [-0.2, 0) is 0 Å². The SMILES string of the molecule is NC(=O)c1cccc(Nc2ccc(Br)c(Cl)c2)c1N. The molecular weight excluding hydrogens is 330 g/mol. The van der Waals surface area contributed by atoms with Gasteiger partial charge in [-0.2, -0.15) is 0 Å². The Morgan fingerprint density at radius 1 is 1.26 bits per heavy atom. The lowest BCUT2D eigenvalue weighted by molar-refractivity contribution is 0.100. The van der Waals surface area contributed by atoms with Crippen LogP contribution in [0.15, 0.2) is 40.9 Å². The third kappa shape index (κ3) is 3.00. The smallest absolute Gasteiger partial charge is 0.250 e. The van der Waals surface area contributed by atoms with E-state index in [1.165, 1.54) is 0 Å². The number of carbonyl (C=O) groups excluding carboxylic acids is 1. The molecule has 2 aromatic rings. The molecule has 1 amide bonds. The minimum Gasteiger partial charge on any atom is -0.396 e. The molecule has 0 fully saturated rings. The van der Waals surface area contributed by atoms with Crippen LogP contribution in [-0.4, -0.2) is 5.91 Å². The first kappa shape index (κ1) is 13.7. The zero-order chi connectivity index (χ0) is 14.0. The topological polar surface area (TPSA) is 81.1 Å². The zero-order valence-electron chi connectivity index (χ0n) is 9.78. The highest BCUT2D eigenvalue weighted by atomic mass is 79.9. The number of rotatable bonds is 3. The fourth-order valence-corrected chi connectivity index (χ4v) is 2.05. The van der Waals surface area contributed by atoms with E-state index in [1.54, 1.807) is 24.3 Å². The van der Waals surface area contributed by atoms with E-state index in [0.717, 1.165) is 10.2 Å². The first-order valence-corrected chi connectivity index (χ1v) is 6.56. The average molecular weight is 341 g/mol. The molecule has 0 aromatic heterocycles. The average Bonchev–Trinajstić information content (AvgIpc) is 2.36. The number of hydrogen-bond donors (Lipinski definition) is 3. The predicted molar refractivity (Wildman–Crippen MR) is 81.8 cm³/mol. The largest absolute Gasteiger partial charge is 0.396 e. The fourth-order valence-electron chi connectivity index (χ4n) is 1.62. The van der Waals surface area contributed by atoms with Gasteiger partial charge in [-0.25, -0.2) is 0 Å². The van der Waals surface area contributed by atoms with Gasteiger partial charge in [-0.05, 0) is 46.3 Å². The van der Waals surface area contributed by atoms with Crippen molar-refractivity contribution in [2.75, 3.05) is 11.1 Å². The summed E-state index contributed by atoms with van der Waals surface area (Å²) in [5, 5.41) is 3.68. The monoisotopic (exact) mass is 339 g/mol. The molecule has 2 rings (SSSR count). The van der Waals surface area contributed by atoms with E-state index in [2.05, 4.69) is 21.2 Å². The summed E-state index contributed by atoms with van der Waals surface area (Å²) in [6, 6.07) is 10.5. The van der Waals surface area contributed by atoms with Gasteiger partial charge in [-0.1, -0.05) is 17.7 Å². The van der Waals surface area contributed by atoms with E-state index in [0.29, 0.717) is 16.4 Å². The van der Waals surface area contributed by atoms with Gasteiger partial charge in [0.05, 0.1) is 22.0 Å². The van der Waals surface area contributed by atoms with Crippen LogP contribution in [0.3, 0.4) is 0 Å². The van der Waals surface area contributed by atoms with Gasteiger partial charge < -0.3 is 16.8 Å². The summed E-state index contributed by atoms with van der Waals surface area (Å²) in [6.07, 6.45) is 0. The van der Waals surface area contributed by atoms with Gasteiger partial charge >= 0.3 is 0 Å². The van der Waals surface area contributed by atoms with Gasteiger partial charge in [0.2, 0.25) is 0 Å². The normalized spacial score (nSPS) is 10.2. The molecule has 6 heteroatoms. The highest BCUT2D eigenvalue weighted by Gasteiger charge is 2.09. The van der Waals surface area contributed by atoms with E-state index >= 15 is 0 Å². The molecule has 5 N–H and O–H groups in total. The molecule has 2 aromatic carbocycles. The fraction of sp³-hybridized carbons (Fsp3) is 0. The van der Waals surface area contributed by atoms with E-state index in [9.17, 15) is 4.79 Å². The molecule has 0 radical (unpaired) electrons. The zero-order valence-corrected chi connectivity index (χ0v) is 12.1. The highest BCUT2D eigenvalue weighted by Crippen LogP contribution is 2.30. The molecule has 0 spiro atoms. The first-order valence-electron chi connectivity index (χ1n) is 5.39. The van der Waals surface area contributed by atoms with Crippen molar-refractivity contribution < 1.29 is 4.79 Å². The Morgan fingerprint density at radius 2 is 2.00 bits per heavy atom. The number of primary amides is 1. The maximum Gasteiger partial charge on any atom is 0.250 e. The van der Waals surface area contributed by atoms with Crippen molar-refractivity contribution >= 4 is 50.5 Å². The number of nitrogens with one attached hydrogen (secondary N) is 1. The Kier molecular flexibility index (Phi) is 3.97. The third-order valence-corrected chi connectivity index (χ3v) is 3.80. The molecule has 0 aliphatic rings. The molecule has 0 heterocycles. The van der Waals surface area contributed by atoms with E-state index in [1.807, 2.05) is 12.1 Å². The molecule has 0 aliphatic carbocycles. The van der Waals surface area contributed by atoms with Crippen molar-refractivity contribution in [3.8, 4) is 0 Å². The van der Waals surface area contributed by atoms with Crippen LogP contribution in [0.25, 0.3) is 0 Å². The summed E-state index contributed by atoms with van der Waals surface area (Å²) in [5.74, 6) is -0.560. The lowest BCUT2D eigenvalue weighted by atomic mass is 10.1. The standard InChI is InChI=1S/C13H11BrClN3O/c14-9-5-4-7(6-10(9)15)18-11-3-1-2-8(12(11)16)13(17)19/h1-6,18H,16H2,(H2,17,19). The van der Waals surface area contributed by atoms with Crippen molar-refractivity contribution in [1.29, 1.82) is 0 Å². The molecule has 0 aliphatic heterocycles. The summed E-state index contributed by atoms with van der Waals surface area (Å²) in [5.41, 5.74) is 13.1. The predicted octanol–water partition coefficient (Wildman–Crippen LogP) is 3.53. The quantitative estimate of drug-likeness (QED) is 0.748. The maximum atomic E-state index is 11.2. The summed E-state index contributed by atoms with van der Waals surface area (Å²) in [4.78, 5) is 11.2. The van der Waals surface area contributed by atoms with Crippen LogP contribution in [0.2, 0.25) is 5.02 Å². The van der Waals surface area contributed by atoms with Gasteiger partial charge in [-0.3, -0.25) is 4.79 Å². The minimum absolute atomic E-state index is 0.285. The highest BCUT2D eigenvalue weighted by molar-refractivity contribution is 9.10. The van der Waals surface area contributed by atoms with Crippen LogP contribution in [0.4, 0.5) is 17.1 Å². The Balaban J connectivity index is 2.35. The number of hydrogen-bond acceptors (Lipinski definition) is 3. The van der Waals surface area contributed by atoms with Crippen LogP contribution in [0.1, 0.15) is 10.4 Å². The molecule has 0 saturated carbocycles. The van der Waals surface area contributed by atoms with Crippen LogP contribution in [0.5, 0.6) is 0 Å². The Labute approximate surface area is 123 Å². The van der Waals surface area contributed by atoms with Crippen LogP contribution < -0.4 is 16.8 Å². The van der Waals surface area contributed by atoms with E-state index in [4.69, 9.17) is 23.1 Å². The van der Waals surface area contributed by atoms with E-state index in [-0.39, 0.29) is 5.56 Å². The van der Waals surface area contributed by atoms with Gasteiger partial charge in [0, 0.05) is 10.2 Å².